The molecule has 1 heterocycles. The van der Waals surface area contributed by atoms with Crippen LogP contribution in [-0.2, 0) is 11.2 Å². The number of esters is 1. The van der Waals surface area contributed by atoms with Gasteiger partial charge in [0.25, 0.3) is 0 Å². The topological polar surface area (TPSA) is 26.3 Å². The Morgan fingerprint density at radius 2 is 1.89 bits per heavy atom. The first kappa shape index (κ1) is 11.0. The van der Waals surface area contributed by atoms with Crippen LogP contribution in [0.4, 0.5) is 0 Å². The third kappa shape index (κ3) is 1.70. The van der Waals surface area contributed by atoms with Crippen molar-refractivity contribution >= 4 is 5.97 Å². The van der Waals surface area contributed by atoms with Gasteiger partial charge in [-0.3, -0.25) is 4.79 Å². The van der Waals surface area contributed by atoms with Gasteiger partial charge in [-0.1, -0.05) is 49.4 Å². The second-order valence-corrected chi connectivity index (χ2v) is 4.49. The van der Waals surface area contributed by atoms with Gasteiger partial charge >= 0.3 is 5.97 Å². The molecule has 2 aromatic rings. The zero-order chi connectivity index (χ0) is 12.5. The van der Waals surface area contributed by atoms with Crippen molar-refractivity contribution in [2.75, 3.05) is 0 Å². The highest BCUT2D eigenvalue weighted by atomic mass is 16.5. The van der Waals surface area contributed by atoms with E-state index in [9.17, 15) is 4.79 Å². The van der Waals surface area contributed by atoms with Crippen molar-refractivity contribution in [3.8, 4) is 5.75 Å². The van der Waals surface area contributed by atoms with E-state index >= 15 is 0 Å². The Hall–Kier alpha value is -2.09. The lowest BCUT2D eigenvalue weighted by molar-refractivity contribution is -0.133. The molecular formula is C16H14O2. The molecule has 0 spiro atoms. The van der Waals surface area contributed by atoms with Crippen molar-refractivity contribution in [3.63, 3.8) is 0 Å². The number of carbonyl (C=O) groups is 1. The molecule has 0 bridgehead atoms. The van der Waals surface area contributed by atoms with E-state index in [4.69, 9.17) is 4.74 Å². The molecule has 0 amide bonds. The normalized spacial score (nSPS) is 17.4. The molecule has 0 N–H and O–H groups in total. The number of ether oxygens (including phenoxy) is 1. The van der Waals surface area contributed by atoms with Crippen molar-refractivity contribution < 1.29 is 9.53 Å². The summed E-state index contributed by atoms with van der Waals surface area (Å²) in [6, 6.07) is 15.8. The number of fused-ring (bicyclic) bond motifs is 1. The SMILES string of the molecule is CCc1ccc2c(c1)[C@H](c1ccccc1)C(=O)O2. The fourth-order valence-corrected chi connectivity index (χ4v) is 2.39. The summed E-state index contributed by atoms with van der Waals surface area (Å²) in [6.07, 6.45) is 0.961. The summed E-state index contributed by atoms with van der Waals surface area (Å²) >= 11 is 0. The van der Waals surface area contributed by atoms with Crippen LogP contribution in [0.1, 0.15) is 29.5 Å². The Labute approximate surface area is 106 Å². The monoisotopic (exact) mass is 238 g/mol. The first-order valence-corrected chi connectivity index (χ1v) is 6.19. The van der Waals surface area contributed by atoms with Crippen molar-refractivity contribution in [1.29, 1.82) is 0 Å². The maximum Gasteiger partial charge on any atom is 0.323 e. The van der Waals surface area contributed by atoms with Crippen molar-refractivity contribution in [2.24, 2.45) is 0 Å². The summed E-state index contributed by atoms with van der Waals surface area (Å²) in [5, 5.41) is 0. The van der Waals surface area contributed by atoms with Crippen LogP contribution in [0.5, 0.6) is 5.75 Å². The molecule has 0 saturated carbocycles. The fraction of sp³-hybridized carbons (Fsp3) is 0.188. The summed E-state index contributed by atoms with van der Waals surface area (Å²) in [5.74, 6) is 0.253. The highest BCUT2D eigenvalue weighted by Gasteiger charge is 2.34. The Kier molecular flexibility index (Phi) is 2.63. The standard InChI is InChI=1S/C16H14O2/c1-2-11-8-9-14-13(10-11)15(16(17)18-14)12-6-4-3-5-7-12/h3-10,15H,2H2,1H3/t15-/m0/s1. The lowest BCUT2D eigenvalue weighted by atomic mass is 9.91. The molecule has 2 aromatic carbocycles. The quantitative estimate of drug-likeness (QED) is 0.592. The zero-order valence-electron chi connectivity index (χ0n) is 10.2. The lowest BCUT2D eigenvalue weighted by Gasteiger charge is -2.08. The first-order chi connectivity index (χ1) is 8.79. The van der Waals surface area contributed by atoms with E-state index in [0.29, 0.717) is 5.75 Å². The van der Waals surface area contributed by atoms with Crippen LogP contribution in [0.3, 0.4) is 0 Å². The molecule has 2 nitrogen and oxygen atoms in total. The Balaban J connectivity index is 2.11. The Bertz CT molecular complexity index is 587. The van der Waals surface area contributed by atoms with Crippen LogP contribution in [0, 0.1) is 0 Å². The summed E-state index contributed by atoms with van der Waals surface area (Å²) < 4.78 is 5.33. The number of benzene rings is 2. The molecule has 18 heavy (non-hydrogen) atoms. The number of carbonyl (C=O) groups excluding carboxylic acids is 1. The average Bonchev–Trinajstić information content (AvgIpc) is 2.74. The zero-order valence-corrected chi connectivity index (χ0v) is 10.2. The second kappa shape index (κ2) is 4.30. The molecule has 1 atom stereocenters. The average molecular weight is 238 g/mol. The molecule has 0 fully saturated rings. The van der Waals surface area contributed by atoms with Gasteiger partial charge in [0.15, 0.2) is 0 Å². The highest BCUT2D eigenvalue weighted by molar-refractivity contribution is 5.89. The van der Waals surface area contributed by atoms with E-state index in [1.54, 1.807) is 0 Å². The van der Waals surface area contributed by atoms with Gasteiger partial charge in [-0.15, -0.1) is 0 Å². The maximum absolute atomic E-state index is 12.0. The summed E-state index contributed by atoms with van der Waals surface area (Å²) in [5.41, 5.74) is 3.22. The van der Waals surface area contributed by atoms with Crippen LogP contribution in [0.15, 0.2) is 48.5 Å². The van der Waals surface area contributed by atoms with Gasteiger partial charge in [-0.2, -0.15) is 0 Å². The summed E-state index contributed by atoms with van der Waals surface area (Å²) in [7, 11) is 0. The van der Waals surface area contributed by atoms with Crippen LogP contribution < -0.4 is 4.74 Å². The smallest absolute Gasteiger partial charge is 0.323 e. The minimum Gasteiger partial charge on any atom is -0.425 e. The summed E-state index contributed by atoms with van der Waals surface area (Å²) in [4.78, 5) is 12.0. The van der Waals surface area contributed by atoms with Gasteiger partial charge < -0.3 is 4.74 Å². The van der Waals surface area contributed by atoms with Gasteiger partial charge in [0.2, 0.25) is 0 Å². The third-order valence-electron chi connectivity index (χ3n) is 3.37. The predicted octanol–water partition coefficient (Wildman–Crippen LogP) is 3.30. The lowest BCUT2D eigenvalue weighted by Crippen LogP contribution is -2.11. The number of rotatable bonds is 2. The first-order valence-electron chi connectivity index (χ1n) is 6.19. The molecule has 90 valence electrons. The third-order valence-corrected chi connectivity index (χ3v) is 3.37. The van der Waals surface area contributed by atoms with Crippen molar-refractivity contribution in [1.82, 2.24) is 0 Å². The predicted molar refractivity (Wildman–Crippen MR) is 69.7 cm³/mol. The molecule has 1 aliphatic rings. The highest BCUT2D eigenvalue weighted by Crippen LogP contribution is 2.39. The van der Waals surface area contributed by atoms with Gasteiger partial charge in [-0.05, 0) is 23.6 Å². The van der Waals surface area contributed by atoms with Crippen LogP contribution in [-0.4, -0.2) is 5.97 Å². The molecule has 1 aliphatic heterocycles. The van der Waals surface area contributed by atoms with E-state index < -0.39 is 0 Å². The molecule has 0 saturated heterocycles. The number of hydrogen-bond donors (Lipinski definition) is 0. The maximum atomic E-state index is 12.0. The second-order valence-electron chi connectivity index (χ2n) is 4.49. The fourth-order valence-electron chi connectivity index (χ4n) is 2.39. The Morgan fingerprint density at radius 1 is 1.11 bits per heavy atom. The Morgan fingerprint density at radius 3 is 2.61 bits per heavy atom. The van der Waals surface area contributed by atoms with Crippen LogP contribution >= 0.6 is 0 Å². The molecule has 0 unspecified atom stereocenters. The number of hydrogen-bond acceptors (Lipinski definition) is 2. The molecule has 0 aliphatic carbocycles. The molecule has 3 rings (SSSR count). The van der Waals surface area contributed by atoms with E-state index in [-0.39, 0.29) is 11.9 Å². The minimum atomic E-state index is -0.271. The minimum absolute atomic E-state index is 0.176. The molecule has 2 heteroatoms. The van der Waals surface area contributed by atoms with Crippen LogP contribution in [0.25, 0.3) is 0 Å². The van der Waals surface area contributed by atoms with Gasteiger partial charge in [-0.25, -0.2) is 0 Å². The van der Waals surface area contributed by atoms with E-state index in [1.807, 2.05) is 42.5 Å². The van der Waals surface area contributed by atoms with Gasteiger partial charge in [0.1, 0.15) is 11.7 Å². The van der Waals surface area contributed by atoms with E-state index in [2.05, 4.69) is 13.0 Å². The number of aryl methyl sites for hydroxylation is 1. The molecule has 0 aromatic heterocycles. The largest absolute Gasteiger partial charge is 0.425 e. The molecule has 0 radical (unpaired) electrons. The van der Waals surface area contributed by atoms with Crippen molar-refractivity contribution in [3.05, 3.63) is 65.2 Å². The van der Waals surface area contributed by atoms with Gasteiger partial charge in [0.05, 0.1) is 0 Å². The summed E-state index contributed by atoms with van der Waals surface area (Å²) in [6.45, 7) is 2.11. The van der Waals surface area contributed by atoms with E-state index in [1.165, 1.54) is 5.56 Å². The van der Waals surface area contributed by atoms with Gasteiger partial charge in [0, 0.05) is 5.56 Å². The van der Waals surface area contributed by atoms with Crippen LogP contribution in [0.2, 0.25) is 0 Å². The van der Waals surface area contributed by atoms with Crippen molar-refractivity contribution in [2.45, 2.75) is 19.3 Å². The molecular weight excluding hydrogens is 224 g/mol. The van der Waals surface area contributed by atoms with E-state index in [0.717, 1.165) is 17.5 Å².